The van der Waals surface area contributed by atoms with Gasteiger partial charge in [-0.15, -0.1) is 0 Å². The summed E-state index contributed by atoms with van der Waals surface area (Å²) in [6.45, 7) is 11.6. The average Bonchev–Trinajstić information content (AvgIpc) is 2.01. The van der Waals surface area contributed by atoms with Crippen LogP contribution < -0.4 is 5.32 Å². The van der Waals surface area contributed by atoms with Gasteiger partial charge >= 0.3 is 0 Å². The van der Waals surface area contributed by atoms with Crippen LogP contribution in [0.25, 0.3) is 0 Å². The minimum atomic E-state index is 0.859. The second-order valence-corrected chi connectivity index (χ2v) is 4.82. The molecule has 0 fully saturated rings. The monoisotopic (exact) mass is 185 g/mol. The maximum atomic E-state index is 3.50. The molecule has 0 unspecified atom stereocenters. The molecule has 0 aliphatic carbocycles. The van der Waals surface area contributed by atoms with Gasteiger partial charge in [-0.05, 0) is 50.6 Å². The van der Waals surface area contributed by atoms with E-state index in [0.717, 1.165) is 11.8 Å². The van der Waals surface area contributed by atoms with E-state index in [0.29, 0.717) is 0 Å². The van der Waals surface area contributed by atoms with E-state index in [1.807, 2.05) is 0 Å². The predicted molar refractivity (Wildman–Crippen MR) is 61.0 cm³/mol. The molecule has 1 heteroatoms. The summed E-state index contributed by atoms with van der Waals surface area (Å²) in [6.07, 6.45) is 5.38. The van der Waals surface area contributed by atoms with Crippen LogP contribution in [0, 0.1) is 11.8 Å². The largest absolute Gasteiger partial charge is 0.317 e. The minimum Gasteiger partial charge on any atom is -0.317 e. The molecule has 1 N–H and O–H groups in total. The van der Waals surface area contributed by atoms with Gasteiger partial charge in [0.15, 0.2) is 0 Å². The fourth-order valence-electron chi connectivity index (χ4n) is 1.40. The Hall–Kier alpha value is -0.0400. The number of hydrogen-bond acceptors (Lipinski definition) is 1. The van der Waals surface area contributed by atoms with Crippen LogP contribution in [0.5, 0.6) is 0 Å². The highest BCUT2D eigenvalue weighted by atomic mass is 14.8. The van der Waals surface area contributed by atoms with Crippen LogP contribution in [-0.4, -0.2) is 13.1 Å². The summed E-state index contributed by atoms with van der Waals surface area (Å²) in [4.78, 5) is 0. The Morgan fingerprint density at radius 2 is 1.15 bits per heavy atom. The SMILES string of the molecule is CC(C)CCCNCCCC(C)C. The Kier molecular flexibility index (Phi) is 8.53. The molecule has 0 aliphatic heterocycles. The maximum Gasteiger partial charge on any atom is -0.00488 e. The summed E-state index contributed by atoms with van der Waals surface area (Å²) in [5.74, 6) is 1.72. The third-order valence-electron chi connectivity index (χ3n) is 2.27. The molecule has 0 saturated heterocycles. The van der Waals surface area contributed by atoms with Crippen LogP contribution in [0.3, 0.4) is 0 Å². The second-order valence-electron chi connectivity index (χ2n) is 4.82. The third-order valence-corrected chi connectivity index (χ3v) is 2.27. The van der Waals surface area contributed by atoms with Gasteiger partial charge in [0.1, 0.15) is 0 Å². The van der Waals surface area contributed by atoms with Crippen LogP contribution >= 0.6 is 0 Å². The van der Waals surface area contributed by atoms with Crippen molar-refractivity contribution in [3.63, 3.8) is 0 Å². The summed E-state index contributed by atoms with van der Waals surface area (Å²) in [6, 6.07) is 0. The Balaban J connectivity index is 2.92. The molecule has 13 heavy (non-hydrogen) atoms. The Morgan fingerprint density at radius 1 is 0.769 bits per heavy atom. The molecule has 0 radical (unpaired) electrons. The quantitative estimate of drug-likeness (QED) is 0.571. The Labute approximate surface area is 84.3 Å². The van der Waals surface area contributed by atoms with E-state index in [9.17, 15) is 0 Å². The lowest BCUT2D eigenvalue weighted by Gasteiger charge is -2.07. The lowest BCUT2D eigenvalue weighted by molar-refractivity contribution is 0.498. The normalized spacial score (nSPS) is 11.5. The van der Waals surface area contributed by atoms with Crippen molar-refractivity contribution in [2.45, 2.75) is 53.4 Å². The highest BCUT2D eigenvalue weighted by molar-refractivity contribution is 4.52. The highest BCUT2D eigenvalue weighted by Crippen LogP contribution is 2.03. The van der Waals surface area contributed by atoms with Crippen molar-refractivity contribution in [1.29, 1.82) is 0 Å². The van der Waals surface area contributed by atoms with Gasteiger partial charge in [-0.1, -0.05) is 27.7 Å². The van der Waals surface area contributed by atoms with E-state index in [2.05, 4.69) is 33.0 Å². The number of rotatable bonds is 8. The molecule has 1 nitrogen and oxygen atoms in total. The lowest BCUT2D eigenvalue weighted by atomic mass is 10.1. The van der Waals surface area contributed by atoms with Crippen LogP contribution in [0.2, 0.25) is 0 Å². The van der Waals surface area contributed by atoms with Crippen molar-refractivity contribution >= 4 is 0 Å². The van der Waals surface area contributed by atoms with Crippen molar-refractivity contribution < 1.29 is 0 Å². The van der Waals surface area contributed by atoms with Gasteiger partial charge in [-0.3, -0.25) is 0 Å². The number of nitrogens with one attached hydrogen (secondary N) is 1. The molecule has 0 aromatic heterocycles. The Morgan fingerprint density at radius 3 is 1.46 bits per heavy atom. The molecule has 0 heterocycles. The van der Waals surface area contributed by atoms with E-state index in [4.69, 9.17) is 0 Å². The molecule has 0 atom stereocenters. The van der Waals surface area contributed by atoms with Crippen molar-refractivity contribution in [3.05, 3.63) is 0 Å². The van der Waals surface area contributed by atoms with E-state index >= 15 is 0 Å². The first kappa shape index (κ1) is 13.0. The molecule has 0 aromatic rings. The van der Waals surface area contributed by atoms with Crippen molar-refractivity contribution in [2.24, 2.45) is 11.8 Å². The first-order valence-electron chi connectivity index (χ1n) is 5.83. The van der Waals surface area contributed by atoms with Gasteiger partial charge in [-0.2, -0.15) is 0 Å². The zero-order valence-electron chi connectivity index (χ0n) is 9.90. The molecular formula is C12H27N. The molecule has 0 rings (SSSR count). The maximum absolute atomic E-state index is 3.50. The first-order valence-corrected chi connectivity index (χ1v) is 5.83. The van der Waals surface area contributed by atoms with Crippen LogP contribution in [0.15, 0.2) is 0 Å². The third kappa shape index (κ3) is 12.0. The summed E-state index contributed by atoms with van der Waals surface area (Å²) in [5.41, 5.74) is 0. The summed E-state index contributed by atoms with van der Waals surface area (Å²) >= 11 is 0. The van der Waals surface area contributed by atoms with Gasteiger partial charge < -0.3 is 5.32 Å². The smallest absolute Gasteiger partial charge is 0.00488 e. The molecule has 0 aliphatic rings. The van der Waals surface area contributed by atoms with Crippen LogP contribution in [-0.2, 0) is 0 Å². The molecule has 0 amide bonds. The molecular weight excluding hydrogens is 158 g/mol. The molecule has 0 saturated carbocycles. The summed E-state index contributed by atoms with van der Waals surface area (Å²) < 4.78 is 0. The fraction of sp³-hybridized carbons (Fsp3) is 1.00. The average molecular weight is 185 g/mol. The van der Waals surface area contributed by atoms with E-state index < -0.39 is 0 Å². The van der Waals surface area contributed by atoms with E-state index in [1.54, 1.807) is 0 Å². The number of hydrogen-bond donors (Lipinski definition) is 1. The molecule has 0 bridgehead atoms. The summed E-state index contributed by atoms with van der Waals surface area (Å²) in [5, 5.41) is 3.50. The van der Waals surface area contributed by atoms with Gasteiger partial charge in [0.05, 0.1) is 0 Å². The zero-order chi connectivity index (χ0) is 10.1. The van der Waals surface area contributed by atoms with E-state index in [-0.39, 0.29) is 0 Å². The van der Waals surface area contributed by atoms with Crippen molar-refractivity contribution in [1.82, 2.24) is 5.32 Å². The van der Waals surface area contributed by atoms with Crippen molar-refractivity contribution in [3.8, 4) is 0 Å². The molecule has 0 spiro atoms. The second kappa shape index (κ2) is 8.55. The molecule has 80 valence electrons. The van der Waals surface area contributed by atoms with Gasteiger partial charge in [0.2, 0.25) is 0 Å². The lowest BCUT2D eigenvalue weighted by Crippen LogP contribution is -2.17. The van der Waals surface area contributed by atoms with Gasteiger partial charge in [-0.25, -0.2) is 0 Å². The van der Waals surface area contributed by atoms with Gasteiger partial charge in [0.25, 0.3) is 0 Å². The highest BCUT2D eigenvalue weighted by Gasteiger charge is 1.95. The van der Waals surface area contributed by atoms with Gasteiger partial charge in [0, 0.05) is 0 Å². The standard InChI is InChI=1S/C12H27N/c1-11(2)7-5-9-13-10-6-8-12(3)4/h11-13H,5-10H2,1-4H3. The Bertz CT molecular complexity index is 85.3. The fourth-order valence-corrected chi connectivity index (χ4v) is 1.40. The van der Waals surface area contributed by atoms with Crippen LogP contribution in [0.1, 0.15) is 53.4 Å². The minimum absolute atomic E-state index is 0.859. The molecule has 0 aromatic carbocycles. The van der Waals surface area contributed by atoms with E-state index in [1.165, 1.54) is 38.8 Å². The van der Waals surface area contributed by atoms with Crippen LogP contribution in [0.4, 0.5) is 0 Å². The first-order chi connectivity index (χ1) is 6.13. The summed E-state index contributed by atoms with van der Waals surface area (Å²) in [7, 11) is 0. The topological polar surface area (TPSA) is 12.0 Å². The zero-order valence-corrected chi connectivity index (χ0v) is 9.90. The predicted octanol–water partition coefficient (Wildman–Crippen LogP) is 3.45. The van der Waals surface area contributed by atoms with Crippen molar-refractivity contribution in [2.75, 3.05) is 13.1 Å².